The van der Waals surface area contributed by atoms with Crippen molar-refractivity contribution in [2.24, 2.45) is 0 Å². The van der Waals surface area contributed by atoms with Gasteiger partial charge in [0, 0.05) is 45.4 Å². The summed E-state index contributed by atoms with van der Waals surface area (Å²) in [6.07, 6.45) is 0. The highest BCUT2D eigenvalue weighted by Crippen LogP contribution is 2.36. The van der Waals surface area contributed by atoms with Gasteiger partial charge in [0.15, 0.2) is 0 Å². The van der Waals surface area contributed by atoms with Crippen molar-refractivity contribution in [2.75, 3.05) is 37.9 Å². The monoisotopic (exact) mass is 330 g/mol. The first-order valence-electron chi connectivity index (χ1n) is 14.2. The minimum absolute atomic E-state index is 0.0493. The molecule has 5 heteroatoms. The van der Waals surface area contributed by atoms with Crippen molar-refractivity contribution in [3.63, 3.8) is 0 Å². The third kappa shape index (κ3) is 3.28. The predicted molar refractivity (Wildman–Crippen MR) is 96.6 cm³/mol. The molecule has 4 nitrogen and oxygen atoms in total. The van der Waals surface area contributed by atoms with Crippen LogP contribution in [0.5, 0.6) is 0 Å². The average molecular weight is 330 g/mol. The summed E-state index contributed by atoms with van der Waals surface area (Å²) in [5, 5.41) is 0. The first kappa shape index (κ1) is 6.70. The van der Waals surface area contributed by atoms with Crippen LogP contribution in [-0.2, 0) is 9.31 Å². The molecule has 0 amide bonds. The molecule has 1 aromatic rings. The van der Waals surface area contributed by atoms with Gasteiger partial charge in [0.05, 0.1) is 16.7 Å². The molecule has 0 aromatic heterocycles. The van der Waals surface area contributed by atoms with Gasteiger partial charge in [0.1, 0.15) is 0 Å². The van der Waals surface area contributed by atoms with Crippen LogP contribution in [0.2, 0.25) is 0 Å². The van der Waals surface area contributed by atoms with Crippen molar-refractivity contribution in [3.05, 3.63) is 23.8 Å². The van der Waals surface area contributed by atoms with Gasteiger partial charge in [0.2, 0.25) is 0 Å². The van der Waals surface area contributed by atoms with Gasteiger partial charge >= 0.3 is 7.12 Å². The highest BCUT2D eigenvalue weighted by Gasteiger charge is 2.51. The van der Waals surface area contributed by atoms with E-state index >= 15 is 0 Å². The van der Waals surface area contributed by atoms with Crippen molar-refractivity contribution in [2.45, 2.75) is 45.7 Å². The highest BCUT2D eigenvalue weighted by molar-refractivity contribution is 6.62. The van der Waals surface area contributed by atoms with Crippen LogP contribution in [0.25, 0.3) is 0 Å². The van der Waals surface area contributed by atoms with Gasteiger partial charge in [-0.1, -0.05) is 6.07 Å². The molecule has 0 aliphatic carbocycles. The third-order valence-electron chi connectivity index (χ3n) is 4.27. The minimum Gasteiger partial charge on any atom is -0.399 e. The van der Waals surface area contributed by atoms with Crippen LogP contribution in [0, 0.1) is 6.85 Å². The number of nitrogens with zero attached hydrogens (tertiary/aromatic N) is 2. The number of hydrogen-bond acceptors (Lipinski definition) is 4. The lowest BCUT2D eigenvalue weighted by Gasteiger charge is -2.34. The second kappa shape index (κ2) is 5.80. The molecule has 2 saturated heterocycles. The van der Waals surface area contributed by atoms with Crippen molar-refractivity contribution in [1.29, 1.82) is 0 Å². The SMILES string of the molecule is [2H]C([2H])([2H])c1cc(B2OC(C)(C)C(C)(C)O2)cc(N2C([2H])([2H])C([2H])([2H])N(C([2H])([2H])[2H])C([2H])([2H])C2([2H])[2H])c1. The van der Waals surface area contributed by atoms with Gasteiger partial charge in [-0.3, -0.25) is 0 Å². The van der Waals surface area contributed by atoms with Crippen molar-refractivity contribution in [3.8, 4) is 0 Å². The van der Waals surface area contributed by atoms with E-state index in [1.807, 2.05) is 0 Å². The van der Waals surface area contributed by atoms with Crippen molar-refractivity contribution in [1.82, 2.24) is 4.90 Å². The van der Waals surface area contributed by atoms with Gasteiger partial charge in [-0.2, -0.15) is 0 Å². The molecule has 126 valence electrons. The van der Waals surface area contributed by atoms with E-state index in [4.69, 9.17) is 28.5 Å². The maximum absolute atomic E-state index is 8.51. The zero-order valence-corrected chi connectivity index (χ0v) is 13.5. The Hall–Kier alpha value is -1.04. The number of rotatable bonds is 2. The smallest absolute Gasteiger partial charge is 0.399 e. The number of hydrogen-bond donors (Lipinski definition) is 0. The van der Waals surface area contributed by atoms with Crippen LogP contribution in [0.4, 0.5) is 5.69 Å². The summed E-state index contributed by atoms with van der Waals surface area (Å²) < 4.78 is 126. The Bertz CT molecular complexity index is 1030. The largest absolute Gasteiger partial charge is 0.494 e. The third-order valence-corrected chi connectivity index (χ3v) is 4.27. The zero-order chi connectivity index (χ0) is 29.0. The fraction of sp³-hybridized carbons (Fsp3) is 0.667. The van der Waals surface area contributed by atoms with Crippen molar-refractivity contribution < 1.29 is 28.5 Å². The van der Waals surface area contributed by atoms with Gasteiger partial charge < -0.3 is 19.1 Å². The van der Waals surface area contributed by atoms with Crippen LogP contribution < -0.4 is 10.4 Å². The van der Waals surface area contributed by atoms with Crippen molar-refractivity contribution >= 4 is 18.3 Å². The molecule has 0 saturated carbocycles. The number of benzene rings is 1. The first-order valence-corrected chi connectivity index (χ1v) is 7.24. The lowest BCUT2D eigenvalue weighted by atomic mass is 9.78. The molecule has 0 atom stereocenters. The molecule has 3 rings (SSSR count). The Morgan fingerprint density at radius 1 is 1.04 bits per heavy atom. The number of aryl methyl sites for hydroxylation is 1. The molecule has 0 radical (unpaired) electrons. The maximum atomic E-state index is 8.51. The summed E-state index contributed by atoms with van der Waals surface area (Å²) >= 11 is 0. The highest BCUT2D eigenvalue weighted by atomic mass is 16.7. The number of likely N-dealkylation sites (N-methyl/N-ethyl adjacent to an activating group) is 1. The van der Waals surface area contributed by atoms with Crippen LogP contribution in [0.1, 0.15) is 52.4 Å². The van der Waals surface area contributed by atoms with Crippen LogP contribution >= 0.6 is 0 Å². The lowest BCUT2D eigenvalue weighted by molar-refractivity contribution is 0.00578. The molecule has 2 fully saturated rings. The molecule has 2 aliphatic heterocycles. The van der Waals surface area contributed by atoms with E-state index in [2.05, 4.69) is 0 Å². The number of anilines is 1. The summed E-state index contributed by atoms with van der Waals surface area (Å²) in [4.78, 5) is -0.321. The van der Waals surface area contributed by atoms with E-state index in [0.29, 0.717) is 0 Å². The quantitative estimate of drug-likeness (QED) is 0.775. The molecule has 2 heterocycles. The molecular weight excluding hydrogens is 287 g/mol. The zero-order valence-electron chi connectivity index (χ0n) is 27.5. The Balaban J connectivity index is 2.30. The van der Waals surface area contributed by atoms with Gasteiger partial charge in [-0.15, -0.1) is 0 Å². The molecule has 0 bridgehead atoms. The molecule has 0 unspecified atom stereocenters. The first-order chi connectivity index (χ1) is 16.1. The number of piperazine rings is 1. The average Bonchev–Trinajstić information content (AvgIpc) is 2.85. The summed E-state index contributed by atoms with van der Waals surface area (Å²) in [6, 6.07) is 3.24. The second-order valence-electron chi connectivity index (χ2n) is 6.52. The van der Waals surface area contributed by atoms with E-state index in [1.165, 1.54) is 6.07 Å². The minimum atomic E-state index is -3.60. The Morgan fingerprint density at radius 3 is 2.26 bits per heavy atom. The molecule has 2 aliphatic rings. The molecule has 0 spiro atoms. The van der Waals surface area contributed by atoms with Crippen LogP contribution in [0.3, 0.4) is 0 Å². The van der Waals surface area contributed by atoms with E-state index in [0.717, 1.165) is 12.1 Å². The summed E-state index contributed by atoms with van der Waals surface area (Å²) in [7, 11) is -1.17. The van der Waals surface area contributed by atoms with E-state index < -0.39 is 68.7 Å². The molecule has 1 aromatic carbocycles. The van der Waals surface area contributed by atoms with Gasteiger partial charge in [0.25, 0.3) is 0 Å². The Labute approximate surface area is 160 Å². The van der Waals surface area contributed by atoms with E-state index in [1.54, 1.807) is 27.7 Å². The molecule has 0 N–H and O–H groups in total. The topological polar surface area (TPSA) is 24.9 Å². The summed E-state index contributed by atoms with van der Waals surface area (Å²) in [6.45, 7) is -13.6. The molecular formula is C18H29BN2O2. The normalized spacial score (nSPS) is 43.1. The maximum Gasteiger partial charge on any atom is 0.494 e. The standard InChI is InChI=1S/C18H29BN2O2/c1-14-11-15(19-22-17(2,3)18(4,5)23-19)13-16(12-14)21-9-7-20(6)8-10-21/h11-13H,7-10H2,1-6H3/i1D3,6D3,7D2,8D2,9D2,10D2. The summed E-state index contributed by atoms with van der Waals surface area (Å²) in [5.74, 6) is 0. The molecule has 23 heavy (non-hydrogen) atoms. The predicted octanol–water partition coefficient (Wildman–Crippen LogP) is 2.05. The Morgan fingerprint density at radius 2 is 1.70 bits per heavy atom. The van der Waals surface area contributed by atoms with Crippen LogP contribution in [-0.4, -0.2) is 56.2 Å². The van der Waals surface area contributed by atoms with Gasteiger partial charge in [-0.05, 0) is 64.7 Å². The second-order valence-corrected chi connectivity index (χ2v) is 6.52. The fourth-order valence-corrected chi connectivity index (χ4v) is 2.26. The summed E-state index contributed by atoms with van der Waals surface area (Å²) in [5.41, 5.74) is -2.57. The lowest BCUT2D eigenvalue weighted by Crippen LogP contribution is -2.45. The van der Waals surface area contributed by atoms with Crippen LogP contribution in [0.15, 0.2) is 18.2 Å². The van der Waals surface area contributed by atoms with Gasteiger partial charge in [-0.25, -0.2) is 0 Å². The fourth-order valence-electron chi connectivity index (χ4n) is 2.26. The van der Waals surface area contributed by atoms with E-state index in [9.17, 15) is 0 Å². The Kier molecular flexibility index (Phi) is 1.69. The van der Waals surface area contributed by atoms with E-state index in [-0.39, 0.29) is 15.9 Å².